The fraction of sp³-hybridized carbons (Fsp3) is 0.474. The second-order valence-corrected chi connectivity index (χ2v) is 7.12. The quantitative estimate of drug-likeness (QED) is 0.773. The van der Waals surface area contributed by atoms with Crippen LogP contribution in [0.3, 0.4) is 0 Å². The second-order valence-electron chi connectivity index (χ2n) is 7.12. The van der Waals surface area contributed by atoms with Crippen LogP contribution < -0.4 is 5.56 Å². The van der Waals surface area contributed by atoms with Crippen LogP contribution in [0.25, 0.3) is 0 Å². The molecule has 1 saturated heterocycles. The fourth-order valence-electron chi connectivity index (χ4n) is 3.73. The highest BCUT2D eigenvalue weighted by Crippen LogP contribution is 2.17. The van der Waals surface area contributed by atoms with Crippen LogP contribution in [0.15, 0.2) is 29.2 Å². The van der Waals surface area contributed by atoms with Crippen LogP contribution in [0.1, 0.15) is 39.4 Å². The Morgan fingerprint density at radius 1 is 1.00 bits per heavy atom. The molecular formula is C19H23N5O3. The van der Waals surface area contributed by atoms with Gasteiger partial charge in [-0.3, -0.25) is 19.1 Å². The number of hydrogen-bond acceptors (Lipinski definition) is 4. The van der Waals surface area contributed by atoms with Crippen molar-refractivity contribution in [2.24, 2.45) is 7.05 Å². The van der Waals surface area contributed by atoms with Crippen LogP contribution in [0.4, 0.5) is 0 Å². The van der Waals surface area contributed by atoms with Crippen LogP contribution in [0, 0.1) is 0 Å². The Bertz CT molecular complexity index is 914. The molecule has 4 heterocycles. The van der Waals surface area contributed by atoms with Gasteiger partial charge in [-0.1, -0.05) is 0 Å². The van der Waals surface area contributed by atoms with Gasteiger partial charge in [-0.05, 0) is 37.5 Å². The minimum atomic E-state index is -0.301. The topological polar surface area (TPSA) is 80.4 Å². The van der Waals surface area contributed by atoms with E-state index >= 15 is 0 Å². The molecule has 0 bridgehead atoms. The first-order chi connectivity index (χ1) is 13.0. The summed E-state index contributed by atoms with van der Waals surface area (Å²) >= 11 is 0. The lowest BCUT2D eigenvalue weighted by Crippen LogP contribution is -2.51. The zero-order chi connectivity index (χ0) is 19.0. The molecule has 2 aliphatic rings. The monoisotopic (exact) mass is 369 g/mol. The lowest BCUT2D eigenvalue weighted by molar-refractivity contribution is 0.0530. The van der Waals surface area contributed by atoms with Gasteiger partial charge in [0, 0.05) is 51.7 Å². The van der Waals surface area contributed by atoms with Gasteiger partial charge in [0.2, 0.25) is 0 Å². The van der Waals surface area contributed by atoms with Crippen LogP contribution in [0.5, 0.6) is 0 Å². The van der Waals surface area contributed by atoms with E-state index in [1.165, 1.54) is 4.57 Å². The number of rotatable bonds is 2. The average Bonchev–Trinajstić information content (AvgIpc) is 3.13. The maximum absolute atomic E-state index is 12.8. The second kappa shape index (κ2) is 7.02. The molecule has 0 saturated carbocycles. The van der Waals surface area contributed by atoms with E-state index in [2.05, 4.69) is 5.10 Å². The molecular weight excluding hydrogens is 346 g/mol. The van der Waals surface area contributed by atoms with Crippen molar-refractivity contribution >= 4 is 11.8 Å². The van der Waals surface area contributed by atoms with Crippen molar-refractivity contribution in [1.82, 2.24) is 24.1 Å². The number of carbonyl (C=O) groups excluding carboxylic acids is 2. The molecule has 2 aliphatic heterocycles. The molecule has 0 aliphatic carbocycles. The fourth-order valence-corrected chi connectivity index (χ4v) is 3.73. The number of hydrogen-bond donors (Lipinski definition) is 0. The highest BCUT2D eigenvalue weighted by atomic mass is 16.2. The largest absolute Gasteiger partial charge is 0.335 e. The highest BCUT2D eigenvalue weighted by Gasteiger charge is 2.28. The van der Waals surface area contributed by atoms with Crippen molar-refractivity contribution in [3.05, 3.63) is 51.7 Å². The predicted molar refractivity (Wildman–Crippen MR) is 98.7 cm³/mol. The van der Waals surface area contributed by atoms with Crippen molar-refractivity contribution in [2.45, 2.75) is 25.8 Å². The van der Waals surface area contributed by atoms with Gasteiger partial charge >= 0.3 is 0 Å². The average molecular weight is 369 g/mol. The smallest absolute Gasteiger partial charge is 0.274 e. The Morgan fingerprint density at radius 3 is 2.41 bits per heavy atom. The number of amides is 2. The van der Waals surface area contributed by atoms with E-state index in [9.17, 15) is 14.4 Å². The lowest BCUT2D eigenvalue weighted by Gasteiger charge is -2.34. The van der Waals surface area contributed by atoms with Gasteiger partial charge in [-0.2, -0.15) is 5.10 Å². The summed E-state index contributed by atoms with van der Waals surface area (Å²) in [5.41, 5.74) is 1.48. The summed E-state index contributed by atoms with van der Waals surface area (Å²) < 4.78 is 3.33. The summed E-state index contributed by atoms with van der Waals surface area (Å²) in [5, 5.41) is 4.45. The number of pyridine rings is 1. The van der Waals surface area contributed by atoms with Gasteiger partial charge in [0.25, 0.3) is 17.4 Å². The number of aromatic nitrogens is 3. The summed E-state index contributed by atoms with van der Waals surface area (Å²) in [6.45, 7) is 2.59. The zero-order valence-corrected chi connectivity index (χ0v) is 15.4. The van der Waals surface area contributed by atoms with Crippen LogP contribution >= 0.6 is 0 Å². The molecule has 0 unspecified atom stereocenters. The molecule has 0 spiro atoms. The van der Waals surface area contributed by atoms with Gasteiger partial charge < -0.3 is 14.4 Å². The molecule has 142 valence electrons. The number of piperazine rings is 1. The van der Waals surface area contributed by atoms with Crippen LogP contribution in [-0.4, -0.2) is 62.1 Å². The van der Waals surface area contributed by atoms with Gasteiger partial charge in [0.05, 0.1) is 0 Å². The molecule has 2 amide bonds. The molecule has 0 radical (unpaired) electrons. The summed E-state index contributed by atoms with van der Waals surface area (Å²) in [4.78, 5) is 40.9. The molecule has 2 aromatic rings. The number of aryl methyl sites for hydroxylation is 3. The molecule has 0 atom stereocenters. The Labute approximate surface area is 157 Å². The minimum absolute atomic E-state index is 0.0837. The predicted octanol–water partition coefficient (Wildman–Crippen LogP) is 0.516. The van der Waals surface area contributed by atoms with E-state index in [-0.39, 0.29) is 22.9 Å². The first kappa shape index (κ1) is 17.5. The van der Waals surface area contributed by atoms with Gasteiger partial charge in [0.1, 0.15) is 5.56 Å². The van der Waals surface area contributed by atoms with Crippen molar-refractivity contribution in [1.29, 1.82) is 0 Å². The first-order valence-electron chi connectivity index (χ1n) is 9.35. The molecule has 8 nitrogen and oxygen atoms in total. The summed E-state index contributed by atoms with van der Waals surface area (Å²) in [5.74, 6) is -0.361. The Hall–Kier alpha value is -2.90. The Morgan fingerprint density at radius 2 is 1.70 bits per heavy atom. The normalized spacial score (nSPS) is 16.9. The summed E-state index contributed by atoms with van der Waals surface area (Å²) in [6.07, 6.45) is 4.83. The van der Waals surface area contributed by atoms with E-state index in [1.807, 2.05) is 10.7 Å². The third-order valence-electron chi connectivity index (χ3n) is 5.34. The highest BCUT2D eigenvalue weighted by molar-refractivity contribution is 5.95. The summed E-state index contributed by atoms with van der Waals surface area (Å²) in [6, 6.07) is 5.14. The van der Waals surface area contributed by atoms with Crippen molar-refractivity contribution < 1.29 is 9.59 Å². The van der Waals surface area contributed by atoms with E-state index in [4.69, 9.17) is 0 Å². The third-order valence-corrected chi connectivity index (χ3v) is 5.34. The molecule has 1 fully saturated rings. The van der Waals surface area contributed by atoms with Gasteiger partial charge in [0.15, 0.2) is 5.69 Å². The molecule has 2 aromatic heterocycles. The Balaban J connectivity index is 1.42. The standard InChI is InChI=1S/C19H23N5O3/c1-21-7-4-6-15(17(21)25)18(26)22-9-11-23(12-10-22)19(27)16-13-14-5-2-3-8-24(14)20-16/h4,6-7,13H,2-3,5,8-12H2,1H3. The summed E-state index contributed by atoms with van der Waals surface area (Å²) in [7, 11) is 1.63. The number of fused-ring (bicyclic) bond motifs is 1. The zero-order valence-electron chi connectivity index (χ0n) is 15.4. The first-order valence-corrected chi connectivity index (χ1v) is 9.35. The third kappa shape index (κ3) is 3.27. The number of carbonyl (C=O) groups is 2. The van der Waals surface area contributed by atoms with Gasteiger partial charge in [-0.25, -0.2) is 0 Å². The molecule has 0 N–H and O–H groups in total. The minimum Gasteiger partial charge on any atom is -0.335 e. The van der Waals surface area contributed by atoms with E-state index < -0.39 is 0 Å². The van der Waals surface area contributed by atoms with Crippen LogP contribution in [-0.2, 0) is 20.0 Å². The van der Waals surface area contributed by atoms with E-state index in [0.717, 1.165) is 31.5 Å². The Kier molecular flexibility index (Phi) is 4.55. The maximum Gasteiger partial charge on any atom is 0.274 e. The van der Waals surface area contributed by atoms with Crippen molar-refractivity contribution in [3.8, 4) is 0 Å². The SMILES string of the molecule is Cn1cccc(C(=O)N2CCN(C(=O)c3cc4n(n3)CCCC4)CC2)c1=O. The molecule has 4 rings (SSSR count). The molecule has 27 heavy (non-hydrogen) atoms. The molecule has 8 heteroatoms. The van der Waals surface area contributed by atoms with E-state index in [1.54, 1.807) is 35.2 Å². The van der Waals surface area contributed by atoms with E-state index in [0.29, 0.717) is 31.9 Å². The van der Waals surface area contributed by atoms with Crippen LogP contribution in [0.2, 0.25) is 0 Å². The lowest BCUT2D eigenvalue weighted by atomic mass is 10.1. The number of nitrogens with zero attached hydrogens (tertiary/aromatic N) is 5. The van der Waals surface area contributed by atoms with Crippen molar-refractivity contribution in [3.63, 3.8) is 0 Å². The van der Waals surface area contributed by atoms with Gasteiger partial charge in [-0.15, -0.1) is 0 Å². The maximum atomic E-state index is 12.8. The molecule has 0 aromatic carbocycles. The van der Waals surface area contributed by atoms with Crippen molar-refractivity contribution in [2.75, 3.05) is 26.2 Å².